The Balaban J connectivity index is 1.85. The molecular weight excluding hydrogens is 400 g/mol. The summed E-state index contributed by atoms with van der Waals surface area (Å²) in [4.78, 5) is 23.3. The summed E-state index contributed by atoms with van der Waals surface area (Å²) in [7, 11) is 0. The van der Waals surface area contributed by atoms with E-state index in [4.69, 9.17) is 24.7 Å². The molecule has 1 heterocycles. The van der Waals surface area contributed by atoms with Crippen LogP contribution in [-0.4, -0.2) is 37.2 Å². The van der Waals surface area contributed by atoms with Crippen molar-refractivity contribution in [2.75, 3.05) is 24.3 Å². The number of carbonyl (C=O) groups excluding carboxylic acids is 2. The summed E-state index contributed by atoms with van der Waals surface area (Å²) in [6.07, 6.45) is -1.92. The maximum absolute atomic E-state index is 12.2. The Morgan fingerprint density at radius 1 is 1.23 bits per heavy atom. The summed E-state index contributed by atoms with van der Waals surface area (Å²) < 4.78 is 20.9. The fourth-order valence-corrected chi connectivity index (χ4v) is 2.63. The molecule has 8 nitrogen and oxygen atoms in total. The number of nitrogen functional groups attached to an aromatic ring is 1. The summed E-state index contributed by atoms with van der Waals surface area (Å²) in [5.74, 6) is 6.45. The van der Waals surface area contributed by atoms with Crippen molar-refractivity contribution in [3.63, 3.8) is 0 Å². The number of ether oxygens (including phenoxy) is 4. The van der Waals surface area contributed by atoms with Crippen LogP contribution in [0.4, 0.5) is 21.0 Å². The Labute approximate surface area is 180 Å². The van der Waals surface area contributed by atoms with E-state index in [-0.39, 0.29) is 13.2 Å². The highest BCUT2D eigenvalue weighted by molar-refractivity contribution is 5.90. The topological polar surface area (TPSA) is 109 Å². The number of nitrogens with one attached hydrogen (secondary N) is 1. The third kappa shape index (κ3) is 6.57. The monoisotopic (exact) mass is 424 g/mol. The van der Waals surface area contributed by atoms with Crippen LogP contribution < -0.4 is 15.8 Å². The first-order valence-corrected chi connectivity index (χ1v) is 9.66. The van der Waals surface area contributed by atoms with Gasteiger partial charge in [0, 0.05) is 11.6 Å². The first-order valence-electron chi connectivity index (χ1n) is 9.66. The van der Waals surface area contributed by atoms with Crippen LogP contribution in [0.5, 0.6) is 5.75 Å². The Morgan fingerprint density at radius 2 is 1.97 bits per heavy atom. The fourth-order valence-electron chi connectivity index (χ4n) is 2.63. The number of anilines is 2. The van der Waals surface area contributed by atoms with Crippen LogP contribution in [0.15, 0.2) is 42.5 Å². The van der Waals surface area contributed by atoms with E-state index in [0.717, 1.165) is 5.56 Å². The van der Waals surface area contributed by atoms with E-state index in [0.29, 0.717) is 22.7 Å². The molecule has 0 bridgehead atoms. The van der Waals surface area contributed by atoms with Gasteiger partial charge in [0.05, 0.1) is 16.9 Å². The van der Waals surface area contributed by atoms with Crippen molar-refractivity contribution in [2.45, 2.75) is 32.5 Å². The highest BCUT2D eigenvalue weighted by atomic mass is 16.8. The molecule has 0 spiro atoms. The molecule has 0 aliphatic carbocycles. The second-order valence-corrected chi connectivity index (χ2v) is 7.79. The minimum absolute atomic E-state index is 0.0571. The van der Waals surface area contributed by atoms with E-state index < -0.39 is 24.0 Å². The molecule has 1 aliphatic rings. The number of cyclic esters (lactones) is 2. The van der Waals surface area contributed by atoms with E-state index in [1.54, 1.807) is 32.9 Å². The zero-order chi connectivity index (χ0) is 22.4. The normalized spacial score (nSPS) is 15.2. The summed E-state index contributed by atoms with van der Waals surface area (Å²) in [5, 5.41) is 2.62. The molecule has 8 heteroatoms. The predicted octanol–water partition coefficient (Wildman–Crippen LogP) is 3.93. The molecule has 31 heavy (non-hydrogen) atoms. The zero-order valence-corrected chi connectivity index (χ0v) is 17.6. The number of nitrogens with two attached hydrogens (primary N) is 1. The Bertz CT molecular complexity index is 1020. The van der Waals surface area contributed by atoms with Gasteiger partial charge in [-0.2, -0.15) is 0 Å². The minimum atomic E-state index is -0.734. The van der Waals surface area contributed by atoms with Crippen LogP contribution in [0.3, 0.4) is 0 Å². The maximum Gasteiger partial charge on any atom is 0.508 e. The van der Waals surface area contributed by atoms with Gasteiger partial charge < -0.3 is 24.7 Å². The van der Waals surface area contributed by atoms with E-state index in [1.165, 1.54) is 0 Å². The third-order valence-electron chi connectivity index (χ3n) is 3.98. The Morgan fingerprint density at radius 3 is 2.61 bits per heavy atom. The van der Waals surface area contributed by atoms with Crippen LogP contribution in [0.2, 0.25) is 0 Å². The number of hydrogen-bond acceptors (Lipinski definition) is 7. The van der Waals surface area contributed by atoms with Gasteiger partial charge >= 0.3 is 12.2 Å². The van der Waals surface area contributed by atoms with Crippen LogP contribution in [0, 0.1) is 11.8 Å². The van der Waals surface area contributed by atoms with Gasteiger partial charge in [0.15, 0.2) is 6.10 Å². The lowest BCUT2D eigenvalue weighted by atomic mass is 10.1. The van der Waals surface area contributed by atoms with E-state index in [1.807, 2.05) is 30.3 Å². The van der Waals surface area contributed by atoms with Crippen LogP contribution in [0.25, 0.3) is 0 Å². The average Bonchev–Trinajstić information content (AvgIpc) is 3.11. The lowest BCUT2D eigenvalue weighted by molar-refractivity contribution is 0.0635. The summed E-state index contributed by atoms with van der Waals surface area (Å²) in [6, 6.07) is 12.6. The van der Waals surface area contributed by atoms with Crippen LogP contribution in [0.1, 0.15) is 31.9 Å². The second kappa shape index (κ2) is 9.30. The molecule has 1 amide bonds. The van der Waals surface area contributed by atoms with E-state index in [2.05, 4.69) is 17.2 Å². The zero-order valence-electron chi connectivity index (χ0n) is 17.6. The molecule has 3 N–H and O–H groups in total. The molecule has 1 saturated heterocycles. The summed E-state index contributed by atoms with van der Waals surface area (Å²) in [5.41, 5.74) is 7.41. The molecule has 2 aromatic carbocycles. The van der Waals surface area contributed by atoms with Crippen molar-refractivity contribution >= 4 is 23.6 Å². The van der Waals surface area contributed by atoms with Crippen molar-refractivity contribution < 1.29 is 28.5 Å². The number of carbonyl (C=O) groups is 2. The lowest BCUT2D eigenvalue weighted by Gasteiger charge is -2.20. The molecule has 1 unspecified atom stereocenters. The van der Waals surface area contributed by atoms with Crippen molar-refractivity contribution in [2.24, 2.45) is 0 Å². The van der Waals surface area contributed by atoms with E-state index in [9.17, 15) is 9.59 Å². The molecule has 0 aromatic heterocycles. The smallest absolute Gasteiger partial charge is 0.488 e. The SMILES string of the molecule is CC(C)(C)OC(=O)Nc1cc(OCC2COC(=O)O2)c(C#Cc2ccccc2)cc1N. The summed E-state index contributed by atoms with van der Waals surface area (Å²) in [6.45, 7) is 5.44. The summed E-state index contributed by atoms with van der Waals surface area (Å²) >= 11 is 0. The maximum atomic E-state index is 12.2. The van der Waals surface area contributed by atoms with Crippen molar-refractivity contribution in [3.05, 3.63) is 53.6 Å². The lowest BCUT2D eigenvalue weighted by Crippen LogP contribution is -2.27. The van der Waals surface area contributed by atoms with Crippen LogP contribution >= 0.6 is 0 Å². The van der Waals surface area contributed by atoms with Gasteiger partial charge in [0.1, 0.15) is 24.6 Å². The largest absolute Gasteiger partial charge is 0.508 e. The Hall–Kier alpha value is -3.86. The molecule has 1 atom stereocenters. The molecule has 1 fully saturated rings. The van der Waals surface area contributed by atoms with Crippen molar-refractivity contribution in [3.8, 4) is 17.6 Å². The average molecular weight is 424 g/mol. The molecule has 1 aliphatic heterocycles. The number of amides is 1. The van der Waals surface area contributed by atoms with Gasteiger partial charge in [-0.3, -0.25) is 5.32 Å². The van der Waals surface area contributed by atoms with Crippen molar-refractivity contribution in [1.82, 2.24) is 0 Å². The van der Waals surface area contributed by atoms with Crippen molar-refractivity contribution in [1.29, 1.82) is 0 Å². The molecule has 3 rings (SSSR count). The van der Waals surface area contributed by atoms with Gasteiger partial charge in [0.25, 0.3) is 0 Å². The van der Waals surface area contributed by atoms with Gasteiger partial charge in [0.2, 0.25) is 0 Å². The number of hydrogen-bond donors (Lipinski definition) is 2. The molecule has 162 valence electrons. The third-order valence-corrected chi connectivity index (χ3v) is 3.98. The van der Waals surface area contributed by atoms with Gasteiger partial charge in [-0.05, 0) is 39.0 Å². The highest BCUT2D eigenvalue weighted by Gasteiger charge is 2.26. The number of benzene rings is 2. The standard InChI is InChI=1S/C23H24N2O6/c1-23(2,3)31-21(26)25-19-12-20(28-13-17-14-29-22(27)30-17)16(11-18(19)24)10-9-15-7-5-4-6-8-15/h4-8,11-12,17H,13-14,24H2,1-3H3,(H,25,26). The second-order valence-electron chi connectivity index (χ2n) is 7.79. The van der Waals surface area contributed by atoms with Gasteiger partial charge in [-0.25, -0.2) is 9.59 Å². The van der Waals surface area contributed by atoms with Gasteiger partial charge in [-0.1, -0.05) is 30.0 Å². The quantitative estimate of drug-likeness (QED) is 0.435. The fraction of sp³-hybridized carbons (Fsp3) is 0.304. The minimum Gasteiger partial charge on any atom is -0.488 e. The Kier molecular flexibility index (Phi) is 6.55. The highest BCUT2D eigenvalue weighted by Crippen LogP contribution is 2.30. The van der Waals surface area contributed by atoms with E-state index >= 15 is 0 Å². The molecular formula is C23H24N2O6. The van der Waals surface area contributed by atoms with Crippen LogP contribution in [-0.2, 0) is 14.2 Å². The number of rotatable bonds is 4. The van der Waals surface area contributed by atoms with Gasteiger partial charge in [-0.15, -0.1) is 0 Å². The molecule has 2 aromatic rings. The molecule has 0 saturated carbocycles. The predicted molar refractivity (Wildman–Crippen MR) is 115 cm³/mol. The first-order chi connectivity index (χ1) is 14.7. The first kappa shape index (κ1) is 21.8. The molecule has 0 radical (unpaired) electrons.